The Bertz CT molecular complexity index is 491. The molecule has 1 aliphatic heterocycles. The van der Waals surface area contributed by atoms with Gasteiger partial charge >= 0.3 is 5.97 Å². The van der Waals surface area contributed by atoms with Crippen LogP contribution in [0.2, 0.25) is 0 Å². The average Bonchev–Trinajstić information content (AvgIpc) is 3.08. The maximum Gasteiger partial charge on any atom is 0.310 e. The summed E-state index contributed by atoms with van der Waals surface area (Å²) >= 11 is 1.60. The van der Waals surface area contributed by atoms with E-state index in [1.165, 1.54) is 0 Å². The molecule has 0 radical (unpaired) electrons. The minimum Gasteiger partial charge on any atom is -0.481 e. The molecule has 0 aliphatic carbocycles. The fraction of sp³-hybridized carbons (Fsp3) is 0.571. The number of ether oxygens (including phenoxy) is 1. The van der Waals surface area contributed by atoms with E-state index in [0.29, 0.717) is 13.2 Å². The number of likely N-dealkylation sites (N-methyl/N-ethyl adjacent to an activating group) is 2. The van der Waals surface area contributed by atoms with Crippen molar-refractivity contribution in [1.29, 1.82) is 0 Å². The third kappa shape index (κ3) is 4.03. The van der Waals surface area contributed by atoms with E-state index < -0.39 is 11.9 Å². The van der Waals surface area contributed by atoms with Crippen molar-refractivity contribution in [3.05, 3.63) is 22.4 Å². The molecular formula is C14H20N2O4S. The van der Waals surface area contributed by atoms with Gasteiger partial charge in [0.25, 0.3) is 0 Å². The molecule has 1 saturated heterocycles. The van der Waals surface area contributed by atoms with Crippen molar-refractivity contribution in [3.8, 4) is 0 Å². The summed E-state index contributed by atoms with van der Waals surface area (Å²) in [6, 6.07) is 1.74. The second kappa shape index (κ2) is 7.02. The molecule has 1 aliphatic rings. The molecule has 2 rings (SSSR count). The Hall–Kier alpha value is -1.44. The second-order valence-electron chi connectivity index (χ2n) is 5.35. The molecule has 2 unspecified atom stereocenters. The lowest BCUT2D eigenvalue weighted by molar-refractivity contribution is -0.144. The van der Waals surface area contributed by atoms with Crippen molar-refractivity contribution in [1.82, 2.24) is 9.80 Å². The number of hydrogen-bond acceptors (Lipinski definition) is 5. The zero-order valence-corrected chi connectivity index (χ0v) is 13.0. The lowest BCUT2D eigenvalue weighted by atomic mass is 10.0. The van der Waals surface area contributed by atoms with Gasteiger partial charge in [0, 0.05) is 19.6 Å². The van der Waals surface area contributed by atoms with E-state index in [-0.39, 0.29) is 25.1 Å². The first-order chi connectivity index (χ1) is 9.99. The Morgan fingerprint density at radius 2 is 2.19 bits per heavy atom. The minimum atomic E-state index is -0.872. The lowest BCUT2D eigenvalue weighted by Gasteiger charge is -2.27. The molecule has 1 amide bonds. The molecule has 1 N–H and O–H groups in total. The summed E-state index contributed by atoms with van der Waals surface area (Å²) in [7, 11) is 3.53. The van der Waals surface area contributed by atoms with Crippen LogP contribution in [-0.4, -0.2) is 66.7 Å². The predicted molar refractivity (Wildman–Crippen MR) is 79.2 cm³/mol. The highest BCUT2D eigenvalue weighted by molar-refractivity contribution is 7.07. The monoisotopic (exact) mass is 312 g/mol. The summed E-state index contributed by atoms with van der Waals surface area (Å²) in [4.78, 5) is 26.8. The highest BCUT2D eigenvalue weighted by Gasteiger charge is 2.37. The zero-order valence-electron chi connectivity index (χ0n) is 12.2. The van der Waals surface area contributed by atoms with Crippen LogP contribution in [0.15, 0.2) is 16.8 Å². The summed E-state index contributed by atoms with van der Waals surface area (Å²) in [5.41, 5.74) is 1.10. The molecule has 0 bridgehead atoms. The predicted octanol–water partition coefficient (Wildman–Crippen LogP) is 0.738. The van der Waals surface area contributed by atoms with Gasteiger partial charge in [-0.15, -0.1) is 0 Å². The maximum absolute atomic E-state index is 12.2. The molecule has 0 spiro atoms. The van der Waals surface area contributed by atoms with Crippen LogP contribution in [0.1, 0.15) is 5.56 Å². The van der Waals surface area contributed by atoms with Crippen LogP contribution in [0.25, 0.3) is 0 Å². The van der Waals surface area contributed by atoms with Gasteiger partial charge in [-0.3, -0.25) is 14.5 Å². The first-order valence-corrected chi connectivity index (χ1v) is 7.69. The summed E-state index contributed by atoms with van der Waals surface area (Å²) < 4.78 is 5.23. The molecule has 2 heterocycles. The van der Waals surface area contributed by atoms with Gasteiger partial charge in [-0.05, 0) is 29.4 Å². The molecule has 6 nitrogen and oxygen atoms in total. The standard InChI is InChI=1S/C14H20N2O4S/c1-15(12-8-20-7-11(12)14(18)19)6-13(17)16(2)5-10-3-4-21-9-10/h3-4,9,11-12H,5-8H2,1-2H3,(H,18,19). The largest absolute Gasteiger partial charge is 0.481 e. The van der Waals surface area contributed by atoms with Crippen LogP contribution in [0.3, 0.4) is 0 Å². The summed E-state index contributed by atoms with van der Waals surface area (Å²) in [5.74, 6) is -1.46. The van der Waals surface area contributed by atoms with E-state index >= 15 is 0 Å². The van der Waals surface area contributed by atoms with E-state index in [0.717, 1.165) is 5.56 Å². The van der Waals surface area contributed by atoms with Gasteiger partial charge in [0.15, 0.2) is 0 Å². The van der Waals surface area contributed by atoms with Gasteiger partial charge in [-0.25, -0.2) is 0 Å². The van der Waals surface area contributed by atoms with Crippen molar-refractivity contribution < 1.29 is 19.4 Å². The number of amides is 1. The number of hydrogen-bond donors (Lipinski definition) is 1. The smallest absolute Gasteiger partial charge is 0.310 e. The Morgan fingerprint density at radius 1 is 1.43 bits per heavy atom. The molecule has 0 aromatic carbocycles. The van der Waals surface area contributed by atoms with Gasteiger partial charge in [-0.2, -0.15) is 11.3 Å². The number of rotatable bonds is 6. The highest BCUT2D eigenvalue weighted by Crippen LogP contribution is 2.19. The Morgan fingerprint density at radius 3 is 2.81 bits per heavy atom. The minimum absolute atomic E-state index is 0.0280. The first kappa shape index (κ1) is 15.9. The summed E-state index contributed by atoms with van der Waals surface area (Å²) in [6.07, 6.45) is 0. The number of carboxylic acid groups (broad SMARTS) is 1. The van der Waals surface area contributed by atoms with Crippen LogP contribution < -0.4 is 0 Å². The van der Waals surface area contributed by atoms with Crippen LogP contribution >= 0.6 is 11.3 Å². The molecule has 1 aromatic heterocycles. The number of aliphatic carboxylic acids is 1. The molecule has 2 atom stereocenters. The Kier molecular flexibility index (Phi) is 5.33. The van der Waals surface area contributed by atoms with E-state index in [2.05, 4.69) is 0 Å². The third-order valence-electron chi connectivity index (χ3n) is 3.74. The van der Waals surface area contributed by atoms with Gasteiger partial charge in [0.1, 0.15) is 0 Å². The number of thiophene rings is 1. The van der Waals surface area contributed by atoms with Crippen LogP contribution in [0.5, 0.6) is 0 Å². The third-order valence-corrected chi connectivity index (χ3v) is 4.48. The fourth-order valence-corrected chi connectivity index (χ4v) is 3.07. The molecule has 0 saturated carbocycles. The number of carbonyl (C=O) groups excluding carboxylic acids is 1. The van der Waals surface area contributed by atoms with Gasteiger partial charge < -0.3 is 14.7 Å². The maximum atomic E-state index is 12.2. The number of carboxylic acids is 1. The Balaban J connectivity index is 1.88. The van der Waals surface area contributed by atoms with Crippen molar-refractivity contribution in [2.24, 2.45) is 5.92 Å². The highest BCUT2D eigenvalue weighted by atomic mass is 32.1. The molecular weight excluding hydrogens is 292 g/mol. The van der Waals surface area contributed by atoms with Crippen molar-refractivity contribution in [3.63, 3.8) is 0 Å². The molecule has 21 heavy (non-hydrogen) atoms. The lowest BCUT2D eigenvalue weighted by Crippen LogP contribution is -2.45. The fourth-order valence-electron chi connectivity index (χ4n) is 2.41. The van der Waals surface area contributed by atoms with Crippen molar-refractivity contribution >= 4 is 23.2 Å². The van der Waals surface area contributed by atoms with E-state index in [9.17, 15) is 9.59 Å². The van der Waals surface area contributed by atoms with Gasteiger partial charge in [-0.1, -0.05) is 0 Å². The summed E-state index contributed by atoms with van der Waals surface area (Å²) in [5, 5.41) is 13.1. The van der Waals surface area contributed by atoms with Crippen molar-refractivity contribution in [2.75, 3.05) is 33.9 Å². The van der Waals surface area contributed by atoms with E-state index in [1.807, 2.05) is 16.8 Å². The first-order valence-electron chi connectivity index (χ1n) is 6.75. The van der Waals surface area contributed by atoms with Crippen molar-refractivity contribution in [2.45, 2.75) is 12.6 Å². The average molecular weight is 312 g/mol. The normalized spacial score (nSPS) is 21.7. The van der Waals surface area contributed by atoms with Crippen LogP contribution in [0.4, 0.5) is 0 Å². The second-order valence-corrected chi connectivity index (χ2v) is 6.13. The number of carbonyl (C=O) groups is 2. The summed E-state index contributed by atoms with van der Waals surface area (Å²) in [6.45, 7) is 1.33. The van der Waals surface area contributed by atoms with Crippen LogP contribution in [-0.2, 0) is 20.9 Å². The van der Waals surface area contributed by atoms with E-state index in [1.54, 1.807) is 35.2 Å². The number of nitrogens with zero attached hydrogens (tertiary/aromatic N) is 2. The van der Waals surface area contributed by atoms with Gasteiger partial charge in [0.05, 0.1) is 25.7 Å². The molecule has 7 heteroatoms. The van der Waals surface area contributed by atoms with E-state index in [4.69, 9.17) is 9.84 Å². The molecule has 1 aromatic rings. The molecule has 1 fully saturated rings. The molecule has 116 valence electrons. The van der Waals surface area contributed by atoms with Gasteiger partial charge in [0.2, 0.25) is 5.91 Å². The SMILES string of the molecule is CN(Cc1ccsc1)C(=O)CN(C)C1COCC1C(=O)O. The Labute approximate surface area is 127 Å². The topological polar surface area (TPSA) is 70.1 Å². The quantitative estimate of drug-likeness (QED) is 0.839. The van der Waals surface area contributed by atoms with Crippen LogP contribution in [0, 0.1) is 5.92 Å². The zero-order chi connectivity index (χ0) is 15.4.